The predicted octanol–water partition coefficient (Wildman–Crippen LogP) is 2.90. The van der Waals surface area contributed by atoms with Gasteiger partial charge >= 0.3 is 0 Å². The zero-order chi connectivity index (χ0) is 14.1. The first-order chi connectivity index (χ1) is 9.67. The quantitative estimate of drug-likeness (QED) is 0.804. The van der Waals surface area contributed by atoms with Gasteiger partial charge in [-0.1, -0.05) is 11.3 Å². The number of rotatable bonds is 3. The van der Waals surface area contributed by atoms with Crippen molar-refractivity contribution in [3.05, 3.63) is 42.2 Å². The second-order valence-corrected chi connectivity index (χ2v) is 5.34. The SMILES string of the molecule is COc1ccc(-n2ccc(-c3sc(N)nc3C)n2)cc1. The molecule has 3 aromatic rings. The lowest BCUT2D eigenvalue weighted by atomic mass is 10.3. The van der Waals surface area contributed by atoms with E-state index in [0.717, 1.165) is 27.7 Å². The maximum Gasteiger partial charge on any atom is 0.180 e. The first-order valence-corrected chi connectivity index (χ1v) is 6.92. The first-order valence-electron chi connectivity index (χ1n) is 6.11. The van der Waals surface area contributed by atoms with Crippen LogP contribution in [0.1, 0.15) is 5.69 Å². The summed E-state index contributed by atoms with van der Waals surface area (Å²) in [6.07, 6.45) is 1.92. The van der Waals surface area contributed by atoms with E-state index in [2.05, 4.69) is 10.1 Å². The molecule has 0 saturated carbocycles. The van der Waals surface area contributed by atoms with E-state index in [1.54, 1.807) is 7.11 Å². The van der Waals surface area contributed by atoms with Crippen molar-refractivity contribution in [3.8, 4) is 22.0 Å². The average molecular weight is 286 g/mol. The van der Waals surface area contributed by atoms with E-state index in [4.69, 9.17) is 10.5 Å². The molecule has 20 heavy (non-hydrogen) atoms. The van der Waals surface area contributed by atoms with Crippen LogP contribution in [0.4, 0.5) is 5.13 Å². The van der Waals surface area contributed by atoms with Gasteiger partial charge in [-0.2, -0.15) is 5.10 Å². The monoisotopic (exact) mass is 286 g/mol. The van der Waals surface area contributed by atoms with Gasteiger partial charge in [-0.25, -0.2) is 9.67 Å². The molecule has 5 nitrogen and oxygen atoms in total. The van der Waals surface area contributed by atoms with Gasteiger partial charge in [-0.3, -0.25) is 0 Å². The Labute approximate surface area is 120 Å². The lowest BCUT2D eigenvalue weighted by Gasteiger charge is -2.03. The number of thiazole rings is 1. The lowest BCUT2D eigenvalue weighted by molar-refractivity contribution is 0.414. The van der Waals surface area contributed by atoms with E-state index < -0.39 is 0 Å². The fourth-order valence-corrected chi connectivity index (χ4v) is 2.78. The summed E-state index contributed by atoms with van der Waals surface area (Å²) in [4.78, 5) is 5.23. The summed E-state index contributed by atoms with van der Waals surface area (Å²) in [6.45, 7) is 1.94. The van der Waals surface area contributed by atoms with Crippen molar-refractivity contribution in [2.45, 2.75) is 6.92 Å². The van der Waals surface area contributed by atoms with E-state index in [0.29, 0.717) is 5.13 Å². The number of nitrogens with two attached hydrogens (primary N) is 1. The molecule has 6 heteroatoms. The van der Waals surface area contributed by atoms with E-state index in [1.165, 1.54) is 11.3 Å². The molecule has 2 heterocycles. The first kappa shape index (κ1) is 12.7. The molecule has 0 saturated heterocycles. The Bertz CT molecular complexity index is 730. The highest BCUT2D eigenvalue weighted by Gasteiger charge is 2.11. The smallest absolute Gasteiger partial charge is 0.180 e. The number of hydrogen-bond acceptors (Lipinski definition) is 5. The fraction of sp³-hybridized carbons (Fsp3) is 0.143. The van der Waals surface area contributed by atoms with Gasteiger partial charge in [0.2, 0.25) is 0 Å². The van der Waals surface area contributed by atoms with Crippen molar-refractivity contribution in [3.63, 3.8) is 0 Å². The molecule has 0 aliphatic carbocycles. The summed E-state index contributed by atoms with van der Waals surface area (Å²) in [5.74, 6) is 0.826. The van der Waals surface area contributed by atoms with Crippen LogP contribution in [0.3, 0.4) is 0 Å². The average Bonchev–Trinajstić information content (AvgIpc) is 3.05. The highest BCUT2D eigenvalue weighted by atomic mass is 32.1. The lowest BCUT2D eigenvalue weighted by Crippen LogP contribution is -1.95. The Morgan fingerprint density at radius 1 is 1.20 bits per heavy atom. The number of hydrogen-bond donors (Lipinski definition) is 1. The fourth-order valence-electron chi connectivity index (χ4n) is 1.98. The predicted molar refractivity (Wildman–Crippen MR) is 80.4 cm³/mol. The van der Waals surface area contributed by atoms with Crippen LogP contribution in [0.2, 0.25) is 0 Å². The second-order valence-electron chi connectivity index (χ2n) is 4.31. The highest BCUT2D eigenvalue weighted by molar-refractivity contribution is 7.18. The number of nitrogens with zero attached hydrogens (tertiary/aromatic N) is 3. The molecular weight excluding hydrogens is 272 g/mol. The van der Waals surface area contributed by atoms with Crippen molar-refractivity contribution >= 4 is 16.5 Å². The van der Waals surface area contributed by atoms with Gasteiger partial charge in [-0.05, 0) is 37.3 Å². The van der Waals surface area contributed by atoms with Crippen molar-refractivity contribution in [1.29, 1.82) is 0 Å². The van der Waals surface area contributed by atoms with Gasteiger partial charge in [0.25, 0.3) is 0 Å². The number of anilines is 1. The Morgan fingerprint density at radius 3 is 2.55 bits per heavy atom. The van der Waals surface area contributed by atoms with Crippen LogP contribution < -0.4 is 10.5 Å². The van der Waals surface area contributed by atoms with Gasteiger partial charge in [0.05, 0.1) is 23.4 Å². The number of ether oxygens (including phenoxy) is 1. The minimum Gasteiger partial charge on any atom is -0.497 e. The topological polar surface area (TPSA) is 66.0 Å². The summed E-state index contributed by atoms with van der Waals surface area (Å²) in [7, 11) is 1.65. The third kappa shape index (κ3) is 2.25. The van der Waals surface area contributed by atoms with Crippen LogP contribution in [-0.2, 0) is 0 Å². The maximum atomic E-state index is 5.73. The maximum absolute atomic E-state index is 5.73. The molecule has 0 unspecified atom stereocenters. The van der Waals surface area contributed by atoms with Crippen molar-refractivity contribution < 1.29 is 4.74 Å². The molecular formula is C14H14N4OS. The van der Waals surface area contributed by atoms with Gasteiger partial charge in [0.15, 0.2) is 5.13 Å². The minimum atomic E-state index is 0.566. The standard InChI is InChI=1S/C14H14N4OS/c1-9-13(20-14(15)16-9)12-7-8-18(17-12)10-3-5-11(19-2)6-4-10/h3-8H,1-2H3,(H2,15,16). The summed E-state index contributed by atoms with van der Waals surface area (Å²) in [5, 5.41) is 5.14. The summed E-state index contributed by atoms with van der Waals surface area (Å²) >= 11 is 1.45. The van der Waals surface area contributed by atoms with Crippen LogP contribution in [0.25, 0.3) is 16.3 Å². The molecule has 0 radical (unpaired) electrons. The number of nitrogen functional groups attached to an aromatic ring is 1. The van der Waals surface area contributed by atoms with E-state index in [1.807, 2.05) is 48.1 Å². The van der Waals surface area contributed by atoms with Crippen LogP contribution >= 0.6 is 11.3 Å². The normalized spacial score (nSPS) is 10.7. The number of benzene rings is 1. The third-order valence-electron chi connectivity index (χ3n) is 2.97. The largest absolute Gasteiger partial charge is 0.497 e. The molecule has 0 aliphatic rings. The molecule has 0 spiro atoms. The Kier molecular flexibility index (Phi) is 3.15. The van der Waals surface area contributed by atoms with Crippen molar-refractivity contribution in [2.75, 3.05) is 12.8 Å². The van der Waals surface area contributed by atoms with Gasteiger partial charge in [0.1, 0.15) is 11.4 Å². The molecule has 0 atom stereocenters. The van der Waals surface area contributed by atoms with Gasteiger partial charge in [-0.15, -0.1) is 0 Å². The molecule has 2 aromatic heterocycles. The van der Waals surface area contributed by atoms with Crippen LogP contribution in [0.15, 0.2) is 36.5 Å². The van der Waals surface area contributed by atoms with Crippen LogP contribution in [-0.4, -0.2) is 21.9 Å². The number of aromatic nitrogens is 3. The second kappa shape index (κ2) is 4.97. The summed E-state index contributed by atoms with van der Waals surface area (Å²) in [6, 6.07) is 9.70. The Morgan fingerprint density at radius 2 is 1.95 bits per heavy atom. The number of aryl methyl sites for hydroxylation is 1. The van der Waals surface area contributed by atoms with E-state index in [-0.39, 0.29) is 0 Å². The van der Waals surface area contributed by atoms with Gasteiger partial charge in [0, 0.05) is 6.20 Å². The molecule has 0 bridgehead atoms. The molecule has 0 aliphatic heterocycles. The molecule has 3 rings (SSSR count). The van der Waals surface area contributed by atoms with Crippen molar-refractivity contribution in [2.24, 2.45) is 0 Å². The zero-order valence-electron chi connectivity index (χ0n) is 11.2. The Balaban J connectivity index is 1.95. The minimum absolute atomic E-state index is 0.566. The van der Waals surface area contributed by atoms with E-state index >= 15 is 0 Å². The van der Waals surface area contributed by atoms with Crippen molar-refractivity contribution in [1.82, 2.24) is 14.8 Å². The Hall–Kier alpha value is -2.34. The molecule has 2 N–H and O–H groups in total. The van der Waals surface area contributed by atoms with E-state index in [9.17, 15) is 0 Å². The van der Waals surface area contributed by atoms with Crippen LogP contribution in [0.5, 0.6) is 5.75 Å². The summed E-state index contributed by atoms with van der Waals surface area (Å²) < 4.78 is 6.97. The zero-order valence-corrected chi connectivity index (χ0v) is 12.0. The summed E-state index contributed by atoms with van der Waals surface area (Å²) in [5.41, 5.74) is 8.50. The van der Waals surface area contributed by atoms with Gasteiger partial charge < -0.3 is 10.5 Å². The third-order valence-corrected chi connectivity index (χ3v) is 3.98. The molecule has 0 amide bonds. The molecule has 0 fully saturated rings. The van der Waals surface area contributed by atoms with Crippen LogP contribution in [0, 0.1) is 6.92 Å². The number of methoxy groups -OCH3 is 1. The molecule has 1 aromatic carbocycles. The highest BCUT2D eigenvalue weighted by Crippen LogP contribution is 2.30. The molecule has 102 valence electrons.